The largest absolute Gasteiger partial charge is 0.339 e. The van der Waals surface area contributed by atoms with Gasteiger partial charge in [-0.2, -0.15) is 4.98 Å². The smallest absolute Gasteiger partial charge is 0.255 e. The predicted octanol–water partition coefficient (Wildman–Crippen LogP) is 2.76. The van der Waals surface area contributed by atoms with Gasteiger partial charge in [-0.25, -0.2) is 0 Å². The number of benzene rings is 1. The Hall–Kier alpha value is -3.02. The van der Waals surface area contributed by atoms with Crippen molar-refractivity contribution in [3.8, 4) is 11.4 Å². The Labute approximate surface area is 139 Å². The van der Waals surface area contributed by atoms with Crippen LogP contribution in [0, 0.1) is 0 Å². The number of hydrogen-bond donors (Lipinski definition) is 0. The number of likely N-dealkylation sites (tertiary alicyclic amines) is 1. The summed E-state index contributed by atoms with van der Waals surface area (Å²) >= 11 is 0. The molecule has 3 aromatic rings. The van der Waals surface area contributed by atoms with Crippen LogP contribution in [0.1, 0.15) is 28.6 Å². The van der Waals surface area contributed by atoms with Crippen molar-refractivity contribution in [2.45, 2.75) is 12.3 Å². The molecular weight excluding hydrogens is 304 g/mol. The van der Waals surface area contributed by atoms with E-state index in [0.717, 1.165) is 12.0 Å². The number of carbonyl (C=O) groups is 1. The standard InChI is InChI=1S/C18H16N4O2/c23-18(14-7-4-9-19-11-14)22-10-8-15(12-22)17-20-16(21-24-17)13-5-2-1-3-6-13/h1-7,9,11,15H,8,10,12H2/t15-/m1/s1. The normalized spacial score (nSPS) is 17.2. The fourth-order valence-corrected chi connectivity index (χ4v) is 2.92. The van der Waals surface area contributed by atoms with E-state index < -0.39 is 0 Å². The molecule has 3 heterocycles. The summed E-state index contributed by atoms with van der Waals surface area (Å²) in [6.45, 7) is 1.27. The third kappa shape index (κ3) is 2.78. The maximum absolute atomic E-state index is 12.5. The van der Waals surface area contributed by atoms with Gasteiger partial charge in [-0.05, 0) is 18.6 Å². The van der Waals surface area contributed by atoms with Crippen LogP contribution in [0.15, 0.2) is 59.4 Å². The van der Waals surface area contributed by atoms with Crippen molar-refractivity contribution in [2.24, 2.45) is 0 Å². The SMILES string of the molecule is O=C(c1cccnc1)N1CC[C@@H](c2nc(-c3ccccc3)no2)C1. The van der Waals surface area contributed by atoms with Crippen LogP contribution in [0.4, 0.5) is 0 Å². The monoisotopic (exact) mass is 320 g/mol. The lowest BCUT2D eigenvalue weighted by molar-refractivity contribution is 0.0789. The summed E-state index contributed by atoms with van der Waals surface area (Å²) in [5, 5.41) is 4.06. The molecule has 24 heavy (non-hydrogen) atoms. The molecule has 1 amide bonds. The molecule has 0 unspecified atom stereocenters. The molecule has 0 bridgehead atoms. The summed E-state index contributed by atoms with van der Waals surface area (Å²) in [6.07, 6.45) is 4.07. The summed E-state index contributed by atoms with van der Waals surface area (Å²) in [6, 6.07) is 13.3. The van der Waals surface area contributed by atoms with Gasteiger partial charge in [0.25, 0.3) is 5.91 Å². The van der Waals surface area contributed by atoms with E-state index in [1.54, 1.807) is 24.5 Å². The molecule has 1 aromatic carbocycles. The Balaban J connectivity index is 1.48. The van der Waals surface area contributed by atoms with E-state index in [-0.39, 0.29) is 11.8 Å². The quantitative estimate of drug-likeness (QED) is 0.742. The van der Waals surface area contributed by atoms with Crippen molar-refractivity contribution >= 4 is 5.91 Å². The molecule has 4 rings (SSSR count). The second kappa shape index (κ2) is 6.23. The highest BCUT2D eigenvalue weighted by molar-refractivity contribution is 5.94. The zero-order chi connectivity index (χ0) is 16.4. The molecule has 1 saturated heterocycles. The Morgan fingerprint density at radius 2 is 2.04 bits per heavy atom. The van der Waals surface area contributed by atoms with Crippen molar-refractivity contribution in [1.29, 1.82) is 0 Å². The van der Waals surface area contributed by atoms with Gasteiger partial charge in [0.05, 0.1) is 11.5 Å². The third-order valence-corrected chi connectivity index (χ3v) is 4.21. The van der Waals surface area contributed by atoms with Crippen molar-refractivity contribution in [3.63, 3.8) is 0 Å². The third-order valence-electron chi connectivity index (χ3n) is 4.21. The molecule has 1 fully saturated rings. The Bertz CT molecular complexity index is 832. The number of carbonyl (C=O) groups excluding carboxylic acids is 1. The van der Waals surface area contributed by atoms with Gasteiger partial charge in [-0.3, -0.25) is 9.78 Å². The van der Waals surface area contributed by atoms with Gasteiger partial charge in [0, 0.05) is 31.0 Å². The number of aromatic nitrogens is 3. The van der Waals surface area contributed by atoms with Crippen molar-refractivity contribution in [3.05, 3.63) is 66.3 Å². The minimum Gasteiger partial charge on any atom is -0.339 e. The van der Waals surface area contributed by atoms with Crippen LogP contribution in [-0.4, -0.2) is 39.0 Å². The number of pyridine rings is 1. The van der Waals surface area contributed by atoms with E-state index in [0.29, 0.717) is 30.4 Å². The zero-order valence-electron chi connectivity index (χ0n) is 13.0. The molecular formula is C18H16N4O2. The molecule has 1 atom stereocenters. The Kier molecular flexibility index (Phi) is 3.78. The predicted molar refractivity (Wildman–Crippen MR) is 87.2 cm³/mol. The molecule has 0 N–H and O–H groups in total. The van der Waals surface area contributed by atoms with E-state index >= 15 is 0 Å². The van der Waals surface area contributed by atoms with Gasteiger partial charge in [-0.1, -0.05) is 35.5 Å². The fourth-order valence-electron chi connectivity index (χ4n) is 2.92. The molecule has 1 aliphatic rings. The first-order valence-corrected chi connectivity index (χ1v) is 7.89. The highest BCUT2D eigenvalue weighted by atomic mass is 16.5. The molecule has 2 aromatic heterocycles. The molecule has 6 heteroatoms. The van der Waals surface area contributed by atoms with Crippen LogP contribution in [0.3, 0.4) is 0 Å². The van der Waals surface area contributed by atoms with Crippen LogP contribution in [0.2, 0.25) is 0 Å². The van der Waals surface area contributed by atoms with Crippen molar-refractivity contribution < 1.29 is 9.32 Å². The molecule has 0 aliphatic carbocycles. The minimum atomic E-state index is -0.00611. The Morgan fingerprint density at radius 1 is 1.17 bits per heavy atom. The molecule has 0 spiro atoms. The maximum Gasteiger partial charge on any atom is 0.255 e. The summed E-state index contributed by atoms with van der Waals surface area (Å²) in [4.78, 5) is 22.8. The van der Waals surface area contributed by atoms with Gasteiger partial charge in [0.2, 0.25) is 11.7 Å². The number of nitrogens with zero attached hydrogens (tertiary/aromatic N) is 4. The first-order valence-electron chi connectivity index (χ1n) is 7.89. The van der Waals surface area contributed by atoms with Gasteiger partial charge in [0.1, 0.15) is 0 Å². The molecule has 1 aliphatic heterocycles. The molecule has 0 saturated carbocycles. The van der Waals surface area contributed by atoms with Crippen LogP contribution < -0.4 is 0 Å². The van der Waals surface area contributed by atoms with E-state index in [1.807, 2.05) is 35.2 Å². The number of rotatable bonds is 3. The van der Waals surface area contributed by atoms with Crippen LogP contribution in [-0.2, 0) is 0 Å². The average molecular weight is 320 g/mol. The number of amides is 1. The summed E-state index contributed by atoms with van der Waals surface area (Å²) < 4.78 is 5.43. The van der Waals surface area contributed by atoms with E-state index in [2.05, 4.69) is 15.1 Å². The summed E-state index contributed by atoms with van der Waals surface area (Å²) in [7, 11) is 0. The lowest BCUT2D eigenvalue weighted by atomic mass is 10.1. The highest BCUT2D eigenvalue weighted by Crippen LogP contribution is 2.28. The van der Waals surface area contributed by atoms with Crippen molar-refractivity contribution in [2.75, 3.05) is 13.1 Å². The lowest BCUT2D eigenvalue weighted by Crippen LogP contribution is -2.28. The van der Waals surface area contributed by atoms with Crippen molar-refractivity contribution in [1.82, 2.24) is 20.0 Å². The average Bonchev–Trinajstić information content (AvgIpc) is 3.32. The second-order valence-electron chi connectivity index (χ2n) is 5.80. The molecule has 120 valence electrons. The lowest BCUT2D eigenvalue weighted by Gasteiger charge is -2.15. The van der Waals surface area contributed by atoms with Crippen LogP contribution in [0.5, 0.6) is 0 Å². The van der Waals surface area contributed by atoms with Crippen LogP contribution >= 0.6 is 0 Å². The van der Waals surface area contributed by atoms with Gasteiger partial charge < -0.3 is 9.42 Å². The molecule has 6 nitrogen and oxygen atoms in total. The van der Waals surface area contributed by atoms with Crippen LogP contribution in [0.25, 0.3) is 11.4 Å². The minimum absolute atomic E-state index is 0.00611. The molecule has 0 radical (unpaired) electrons. The summed E-state index contributed by atoms with van der Waals surface area (Å²) in [5.74, 6) is 1.25. The fraction of sp³-hybridized carbons (Fsp3) is 0.222. The zero-order valence-corrected chi connectivity index (χ0v) is 13.0. The first-order chi connectivity index (χ1) is 11.8. The van der Waals surface area contributed by atoms with Gasteiger partial charge >= 0.3 is 0 Å². The van der Waals surface area contributed by atoms with E-state index in [4.69, 9.17) is 4.52 Å². The van der Waals surface area contributed by atoms with E-state index in [1.165, 1.54) is 0 Å². The van der Waals surface area contributed by atoms with E-state index in [9.17, 15) is 4.79 Å². The van der Waals surface area contributed by atoms with Gasteiger partial charge in [-0.15, -0.1) is 0 Å². The Morgan fingerprint density at radius 3 is 2.83 bits per heavy atom. The first kappa shape index (κ1) is 14.6. The van der Waals surface area contributed by atoms with Gasteiger partial charge in [0.15, 0.2) is 0 Å². The maximum atomic E-state index is 12.5. The number of hydrogen-bond acceptors (Lipinski definition) is 5. The topological polar surface area (TPSA) is 72.1 Å². The second-order valence-corrected chi connectivity index (χ2v) is 5.80. The summed E-state index contributed by atoms with van der Waals surface area (Å²) in [5.41, 5.74) is 1.53. The highest BCUT2D eigenvalue weighted by Gasteiger charge is 2.31.